The Morgan fingerprint density at radius 3 is 2.30 bits per heavy atom. The first-order chi connectivity index (χ1) is 22.0. The molecule has 1 fully saturated rings. The van der Waals surface area contributed by atoms with E-state index in [2.05, 4.69) is 15.1 Å². The molecule has 2 aromatic heterocycles. The van der Waals surface area contributed by atoms with Crippen LogP contribution in [0.3, 0.4) is 0 Å². The number of aryl methyl sites for hydroxylation is 1. The number of nitrogens with two attached hydrogens (primary N) is 2. The molecule has 46 heavy (non-hydrogen) atoms. The molecular weight excluding hydrogens is 582 g/mol. The smallest absolute Gasteiger partial charge is 0.323 e. The van der Waals surface area contributed by atoms with Crippen molar-refractivity contribution in [3.63, 3.8) is 0 Å². The number of carbonyl (C=O) groups excluding carboxylic acids is 2. The Labute approximate surface area is 265 Å². The molecule has 1 aliphatic carbocycles. The molecule has 0 unspecified atom stereocenters. The van der Waals surface area contributed by atoms with Gasteiger partial charge in [-0.2, -0.15) is 0 Å². The van der Waals surface area contributed by atoms with Crippen LogP contribution >= 0.6 is 0 Å². The molecule has 7 N–H and O–H groups in total. The summed E-state index contributed by atoms with van der Waals surface area (Å²) in [6.45, 7) is 6.50. The van der Waals surface area contributed by atoms with E-state index in [-0.39, 0.29) is 35.5 Å². The third-order valence-corrected chi connectivity index (χ3v) is 9.34. The summed E-state index contributed by atoms with van der Waals surface area (Å²) in [5.74, 6) is -0.702. The number of rotatable bonds is 8. The number of carbonyl (C=O) groups is 2. The summed E-state index contributed by atoms with van der Waals surface area (Å²) in [5, 5.41) is 3.87. The van der Waals surface area contributed by atoms with E-state index < -0.39 is 11.9 Å². The predicted octanol–water partition coefficient (Wildman–Crippen LogP) is 4.25. The quantitative estimate of drug-likeness (QED) is 0.173. The van der Waals surface area contributed by atoms with Crippen molar-refractivity contribution < 1.29 is 9.59 Å². The van der Waals surface area contributed by atoms with Crippen molar-refractivity contribution in [3.8, 4) is 11.1 Å². The Kier molecular flexibility index (Phi) is 8.54. The first-order valence-electron chi connectivity index (χ1n) is 15.9. The van der Waals surface area contributed by atoms with E-state index in [1.807, 2.05) is 57.2 Å². The second-order valence-corrected chi connectivity index (χ2v) is 12.9. The van der Waals surface area contributed by atoms with Crippen LogP contribution in [0.5, 0.6) is 0 Å². The Balaban J connectivity index is 1.24. The molecule has 0 spiro atoms. The number of fused-ring (bicyclic) bond motifs is 2. The van der Waals surface area contributed by atoms with Crippen LogP contribution in [-0.2, 0) is 16.0 Å². The topological polar surface area (TPSA) is 176 Å². The normalized spacial score (nSPS) is 17.5. The van der Waals surface area contributed by atoms with E-state index in [1.54, 1.807) is 22.9 Å². The second kappa shape index (κ2) is 12.6. The maximum absolute atomic E-state index is 14.0. The number of nitrogens with one attached hydrogen (secondary N) is 3. The van der Waals surface area contributed by atoms with Gasteiger partial charge in [0.15, 0.2) is 0 Å². The fourth-order valence-corrected chi connectivity index (χ4v) is 6.64. The van der Waals surface area contributed by atoms with Crippen molar-refractivity contribution >= 4 is 39.4 Å². The van der Waals surface area contributed by atoms with Crippen molar-refractivity contribution in [3.05, 3.63) is 86.6 Å². The van der Waals surface area contributed by atoms with Gasteiger partial charge in [0.25, 0.3) is 11.5 Å². The lowest BCUT2D eigenvalue weighted by Crippen LogP contribution is -2.50. The first-order valence-corrected chi connectivity index (χ1v) is 15.9. The molecule has 2 heterocycles. The van der Waals surface area contributed by atoms with E-state index in [0.717, 1.165) is 40.6 Å². The number of imide groups is 1. The average molecular weight is 624 g/mol. The van der Waals surface area contributed by atoms with Crippen molar-refractivity contribution in [2.45, 2.75) is 65.0 Å². The number of hydrogen-bond donors (Lipinski definition) is 5. The minimum absolute atomic E-state index is 0.0211. The fourth-order valence-electron chi connectivity index (χ4n) is 6.64. The maximum atomic E-state index is 14.0. The van der Waals surface area contributed by atoms with Crippen LogP contribution in [0.4, 0.5) is 5.69 Å². The Morgan fingerprint density at radius 1 is 0.935 bits per heavy atom. The molecule has 1 aliphatic rings. The standard InChI is InChI=1S/C35H41N7O4/c1-19(2)42-33(44)27-14-20(3)26(17-30(27)40-42)23-8-4-21(5-9-23)15-28(37)34(45)41(32(43)24-10-6-22(18-36)7-11-24)25-12-13-29-31(16-25)39-35(46)38-29/h4-5,8-9,12-14,16-17,19,22,24,28,40H,6-7,10-11,15,18,36-37H2,1-3H3,(H2,38,39,46)/t22?,24?,28-/m0/s1. The van der Waals surface area contributed by atoms with Gasteiger partial charge in [-0.25, -0.2) is 14.4 Å². The summed E-state index contributed by atoms with van der Waals surface area (Å²) in [4.78, 5) is 59.2. The zero-order valence-corrected chi connectivity index (χ0v) is 26.4. The predicted molar refractivity (Wildman–Crippen MR) is 181 cm³/mol. The lowest BCUT2D eigenvalue weighted by molar-refractivity contribution is -0.130. The lowest BCUT2D eigenvalue weighted by atomic mass is 9.81. The van der Waals surface area contributed by atoms with Gasteiger partial charge in [0.05, 0.1) is 33.7 Å². The molecule has 0 radical (unpaired) electrons. The molecule has 0 bridgehead atoms. The summed E-state index contributed by atoms with van der Waals surface area (Å²) in [6.07, 6.45) is 3.22. The molecule has 11 heteroatoms. The Bertz CT molecular complexity index is 2020. The Morgan fingerprint density at radius 2 is 1.63 bits per heavy atom. The van der Waals surface area contributed by atoms with Gasteiger partial charge in [-0.05, 0) is 118 Å². The number of imidazole rings is 1. The summed E-state index contributed by atoms with van der Waals surface area (Å²) >= 11 is 0. The number of amides is 2. The minimum atomic E-state index is -0.977. The molecule has 5 aromatic rings. The zero-order valence-electron chi connectivity index (χ0n) is 26.4. The largest absolute Gasteiger partial charge is 0.330 e. The Hall–Kier alpha value is -4.74. The summed E-state index contributed by atoms with van der Waals surface area (Å²) < 4.78 is 1.63. The van der Waals surface area contributed by atoms with E-state index in [9.17, 15) is 19.2 Å². The molecule has 2 amide bonds. The number of anilines is 1. The number of H-pyrrole nitrogens is 3. The van der Waals surface area contributed by atoms with Crippen LogP contribution in [0, 0.1) is 18.8 Å². The van der Waals surface area contributed by atoms with Gasteiger partial charge in [0.2, 0.25) is 5.91 Å². The van der Waals surface area contributed by atoms with Crippen LogP contribution in [0.2, 0.25) is 0 Å². The highest BCUT2D eigenvalue weighted by molar-refractivity contribution is 6.17. The third kappa shape index (κ3) is 5.95. The molecule has 1 saturated carbocycles. The zero-order chi connectivity index (χ0) is 32.7. The van der Waals surface area contributed by atoms with Crippen LogP contribution < -0.4 is 27.6 Å². The molecule has 3 aromatic carbocycles. The van der Waals surface area contributed by atoms with Crippen molar-refractivity contribution in [1.29, 1.82) is 0 Å². The first kappa shape index (κ1) is 31.3. The van der Waals surface area contributed by atoms with Crippen LogP contribution in [-0.4, -0.2) is 44.1 Å². The molecular formula is C35H41N7O4. The molecule has 6 rings (SSSR count). The van der Waals surface area contributed by atoms with E-state index in [0.29, 0.717) is 47.4 Å². The van der Waals surface area contributed by atoms with Crippen molar-refractivity contribution in [2.24, 2.45) is 23.3 Å². The van der Waals surface area contributed by atoms with Gasteiger partial charge < -0.3 is 21.4 Å². The highest BCUT2D eigenvalue weighted by atomic mass is 16.2. The number of hydrogen-bond acceptors (Lipinski definition) is 6. The molecule has 0 aliphatic heterocycles. The molecule has 240 valence electrons. The fraction of sp³-hybridized carbons (Fsp3) is 0.371. The second-order valence-electron chi connectivity index (χ2n) is 12.9. The summed E-state index contributed by atoms with van der Waals surface area (Å²) in [5.41, 5.74) is 18.0. The van der Waals surface area contributed by atoms with Gasteiger partial charge in [0, 0.05) is 12.0 Å². The average Bonchev–Trinajstić information content (AvgIpc) is 3.58. The third-order valence-electron chi connectivity index (χ3n) is 9.34. The van der Waals surface area contributed by atoms with Gasteiger partial charge in [-0.3, -0.25) is 19.5 Å². The monoisotopic (exact) mass is 623 g/mol. The number of aromatic nitrogens is 4. The number of nitrogens with zero attached hydrogens (tertiary/aromatic N) is 2. The van der Waals surface area contributed by atoms with Crippen molar-refractivity contribution in [2.75, 3.05) is 11.4 Å². The van der Waals surface area contributed by atoms with Crippen LogP contribution in [0.25, 0.3) is 33.1 Å². The lowest BCUT2D eigenvalue weighted by Gasteiger charge is -2.32. The highest BCUT2D eigenvalue weighted by Crippen LogP contribution is 2.32. The van der Waals surface area contributed by atoms with Gasteiger partial charge >= 0.3 is 5.69 Å². The SMILES string of the molecule is Cc1cc2c(=O)n(C(C)C)[nH]c2cc1-c1ccc(C[C@H](N)C(=O)N(C(=O)C2CCC(CN)CC2)c2ccc3[nH]c(=O)[nH]c3c2)cc1. The summed E-state index contributed by atoms with van der Waals surface area (Å²) in [7, 11) is 0. The van der Waals surface area contributed by atoms with E-state index >= 15 is 0 Å². The van der Waals surface area contributed by atoms with E-state index in [4.69, 9.17) is 11.5 Å². The van der Waals surface area contributed by atoms with E-state index in [1.165, 1.54) is 4.90 Å². The number of benzene rings is 3. The van der Waals surface area contributed by atoms with Crippen LogP contribution in [0.15, 0.2) is 64.2 Å². The summed E-state index contributed by atoms with van der Waals surface area (Å²) in [6, 6.07) is 15.8. The van der Waals surface area contributed by atoms with Gasteiger partial charge in [0.1, 0.15) is 0 Å². The maximum Gasteiger partial charge on any atom is 0.323 e. The number of aromatic amines is 3. The van der Waals surface area contributed by atoms with Gasteiger partial charge in [-0.15, -0.1) is 0 Å². The molecule has 1 atom stereocenters. The minimum Gasteiger partial charge on any atom is -0.330 e. The van der Waals surface area contributed by atoms with Gasteiger partial charge in [-0.1, -0.05) is 24.3 Å². The molecule has 11 nitrogen and oxygen atoms in total. The molecule has 0 saturated heterocycles. The van der Waals surface area contributed by atoms with Crippen LogP contribution in [0.1, 0.15) is 56.7 Å². The highest BCUT2D eigenvalue weighted by Gasteiger charge is 2.35. The van der Waals surface area contributed by atoms with Crippen molar-refractivity contribution in [1.82, 2.24) is 19.7 Å².